The third kappa shape index (κ3) is 4.42. The Morgan fingerprint density at radius 2 is 2.21 bits per heavy atom. The molecule has 3 N–H and O–H groups in total. The zero-order valence-corrected chi connectivity index (χ0v) is 7.81. The van der Waals surface area contributed by atoms with Crippen LogP contribution in [0.5, 0.6) is 0 Å². The third-order valence-electron chi connectivity index (χ3n) is 1.58. The van der Waals surface area contributed by atoms with Crippen molar-refractivity contribution in [1.29, 1.82) is 0 Å². The Labute approximate surface area is 85.0 Å². The van der Waals surface area contributed by atoms with Crippen molar-refractivity contribution in [3.8, 4) is 0 Å². The van der Waals surface area contributed by atoms with E-state index in [2.05, 4.69) is 5.32 Å². The molecule has 3 nitrogen and oxygen atoms in total. The maximum absolute atomic E-state index is 10.4. The minimum Gasteiger partial charge on any atom is -0.369 e. The topological polar surface area (TPSA) is 55.1 Å². The van der Waals surface area contributed by atoms with Crippen LogP contribution in [0.4, 0.5) is 0 Å². The molecule has 0 aliphatic carbocycles. The van der Waals surface area contributed by atoms with Crippen LogP contribution in [0.15, 0.2) is 36.4 Å². The SMILES string of the molecule is [2H][C@@H](C=Cc1ccccc1)NCC(N)=O. The maximum atomic E-state index is 10.4. The number of benzene rings is 1. The number of carbonyl (C=O) groups excluding carboxylic acids is 1. The molecule has 74 valence electrons. The normalized spacial score (nSPS) is 13.9. The van der Waals surface area contributed by atoms with Gasteiger partial charge in [0, 0.05) is 7.89 Å². The highest BCUT2D eigenvalue weighted by atomic mass is 16.1. The van der Waals surface area contributed by atoms with Crippen LogP contribution in [0.1, 0.15) is 6.93 Å². The van der Waals surface area contributed by atoms with Gasteiger partial charge in [-0.15, -0.1) is 0 Å². The van der Waals surface area contributed by atoms with Crippen LogP contribution in [0, 0.1) is 0 Å². The molecule has 1 rings (SSSR count). The molecular weight excluding hydrogens is 176 g/mol. The maximum Gasteiger partial charge on any atom is 0.231 e. The van der Waals surface area contributed by atoms with Gasteiger partial charge in [-0.2, -0.15) is 0 Å². The Balaban J connectivity index is 2.41. The summed E-state index contributed by atoms with van der Waals surface area (Å²) in [7, 11) is 0. The van der Waals surface area contributed by atoms with Gasteiger partial charge in [-0.3, -0.25) is 4.79 Å². The number of nitrogens with one attached hydrogen (secondary N) is 1. The number of rotatable bonds is 5. The lowest BCUT2D eigenvalue weighted by atomic mass is 10.2. The molecule has 0 saturated heterocycles. The van der Waals surface area contributed by atoms with E-state index in [0.29, 0.717) is 0 Å². The Bertz CT molecular complexity index is 338. The van der Waals surface area contributed by atoms with Crippen molar-refractivity contribution >= 4 is 12.0 Å². The fourth-order valence-electron chi connectivity index (χ4n) is 0.951. The van der Waals surface area contributed by atoms with Crippen molar-refractivity contribution in [3.63, 3.8) is 0 Å². The number of nitrogens with two attached hydrogens (primary N) is 1. The first-order valence-electron chi connectivity index (χ1n) is 4.93. The van der Waals surface area contributed by atoms with Crippen molar-refractivity contribution in [2.75, 3.05) is 13.1 Å². The van der Waals surface area contributed by atoms with Crippen LogP contribution < -0.4 is 11.1 Å². The van der Waals surface area contributed by atoms with Crippen molar-refractivity contribution in [2.45, 2.75) is 0 Å². The fraction of sp³-hybridized carbons (Fsp3) is 0.182. The number of carbonyl (C=O) groups is 1. The van der Waals surface area contributed by atoms with Gasteiger partial charge in [0.2, 0.25) is 5.91 Å². The Morgan fingerprint density at radius 1 is 1.50 bits per heavy atom. The molecule has 14 heavy (non-hydrogen) atoms. The van der Waals surface area contributed by atoms with Crippen molar-refractivity contribution in [1.82, 2.24) is 5.32 Å². The second-order valence-corrected chi connectivity index (χ2v) is 2.78. The van der Waals surface area contributed by atoms with Gasteiger partial charge in [-0.25, -0.2) is 0 Å². The highest BCUT2D eigenvalue weighted by molar-refractivity contribution is 5.75. The van der Waals surface area contributed by atoms with E-state index in [-0.39, 0.29) is 6.54 Å². The van der Waals surface area contributed by atoms with E-state index in [9.17, 15) is 4.79 Å². The molecule has 0 radical (unpaired) electrons. The van der Waals surface area contributed by atoms with Crippen molar-refractivity contribution in [3.05, 3.63) is 42.0 Å². The number of hydrogen-bond donors (Lipinski definition) is 2. The number of primary amides is 1. The molecule has 1 atom stereocenters. The molecule has 0 aliphatic rings. The molecule has 0 fully saturated rings. The number of amides is 1. The van der Waals surface area contributed by atoms with Crippen LogP contribution in [-0.4, -0.2) is 19.0 Å². The summed E-state index contributed by atoms with van der Waals surface area (Å²) in [5, 5.41) is 2.66. The Hall–Kier alpha value is -1.61. The summed E-state index contributed by atoms with van der Waals surface area (Å²) in [4.78, 5) is 10.4. The molecular formula is C11H14N2O. The van der Waals surface area contributed by atoms with Crippen LogP contribution in [0.3, 0.4) is 0 Å². The predicted octanol–water partition coefficient (Wildman–Crippen LogP) is 0.775. The van der Waals surface area contributed by atoms with Crippen LogP contribution in [0.2, 0.25) is 0 Å². The monoisotopic (exact) mass is 191 g/mol. The van der Waals surface area contributed by atoms with Crippen LogP contribution in [-0.2, 0) is 4.79 Å². The molecule has 0 bridgehead atoms. The van der Waals surface area contributed by atoms with E-state index >= 15 is 0 Å². The van der Waals surface area contributed by atoms with Gasteiger partial charge in [0.1, 0.15) is 0 Å². The van der Waals surface area contributed by atoms with Crippen molar-refractivity contribution in [2.24, 2.45) is 5.73 Å². The minimum absolute atomic E-state index is 0.0211. The zero-order chi connectivity index (χ0) is 11.1. The standard InChI is InChI=1S/C11H14N2O/c12-11(14)9-13-8-4-7-10-5-2-1-3-6-10/h1-7,13H,8-9H2,(H2,12,14)/i8D/t8-/m0/s1. The second-order valence-electron chi connectivity index (χ2n) is 2.78. The van der Waals surface area contributed by atoms with E-state index in [4.69, 9.17) is 7.10 Å². The molecule has 0 aromatic heterocycles. The summed E-state index contributed by atoms with van der Waals surface area (Å²) in [5.74, 6) is -0.458. The smallest absolute Gasteiger partial charge is 0.231 e. The zero-order valence-electron chi connectivity index (χ0n) is 8.81. The van der Waals surface area contributed by atoms with Crippen molar-refractivity contribution < 1.29 is 6.17 Å². The summed E-state index contributed by atoms with van der Waals surface area (Å²) in [6.45, 7) is -0.592. The average molecular weight is 191 g/mol. The van der Waals surface area contributed by atoms with E-state index < -0.39 is 12.4 Å². The quantitative estimate of drug-likeness (QED) is 0.722. The van der Waals surface area contributed by atoms with Gasteiger partial charge in [-0.05, 0) is 5.56 Å². The summed E-state index contributed by atoms with van der Waals surface area (Å²) in [5.41, 5.74) is 5.96. The molecule has 1 aromatic rings. The average Bonchev–Trinajstić information content (AvgIpc) is 2.25. The molecule has 3 heteroatoms. The first-order valence-corrected chi connectivity index (χ1v) is 4.35. The van der Waals surface area contributed by atoms with E-state index in [1.165, 1.54) is 0 Å². The molecule has 0 heterocycles. The fourth-order valence-corrected chi connectivity index (χ4v) is 0.951. The van der Waals surface area contributed by atoms with E-state index in [1.807, 2.05) is 36.4 Å². The summed E-state index contributed by atoms with van der Waals surface area (Å²) >= 11 is 0. The summed E-state index contributed by atoms with van der Waals surface area (Å²) in [6, 6.07) is 9.67. The third-order valence-corrected chi connectivity index (χ3v) is 1.58. The molecule has 0 aliphatic heterocycles. The predicted molar refractivity (Wildman–Crippen MR) is 57.5 cm³/mol. The minimum atomic E-state index is -0.613. The van der Waals surface area contributed by atoms with Crippen LogP contribution in [0.25, 0.3) is 6.08 Å². The van der Waals surface area contributed by atoms with Gasteiger partial charge in [-0.1, -0.05) is 42.5 Å². The first-order chi connectivity index (χ1) is 7.18. The van der Waals surface area contributed by atoms with E-state index in [1.54, 1.807) is 6.08 Å². The lowest BCUT2D eigenvalue weighted by molar-refractivity contribution is -0.117. The Kier molecular flexibility index (Phi) is 3.80. The second kappa shape index (κ2) is 5.94. The molecule has 0 spiro atoms. The first kappa shape index (κ1) is 8.97. The molecule has 1 aromatic carbocycles. The molecule has 1 amide bonds. The van der Waals surface area contributed by atoms with E-state index in [0.717, 1.165) is 5.56 Å². The van der Waals surface area contributed by atoms with Gasteiger partial charge >= 0.3 is 0 Å². The molecule has 0 saturated carbocycles. The number of hydrogen-bond acceptors (Lipinski definition) is 2. The largest absolute Gasteiger partial charge is 0.369 e. The summed E-state index contributed by atoms with van der Waals surface area (Å²) in [6.07, 6.45) is 3.49. The van der Waals surface area contributed by atoms with Gasteiger partial charge in [0.15, 0.2) is 0 Å². The molecule has 0 unspecified atom stereocenters. The van der Waals surface area contributed by atoms with Gasteiger partial charge in [0.05, 0.1) is 6.54 Å². The lowest BCUT2D eigenvalue weighted by Gasteiger charge is -1.95. The van der Waals surface area contributed by atoms with Crippen LogP contribution >= 0.6 is 0 Å². The van der Waals surface area contributed by atoms with Gasteiger partial charge in [0.25, 0.3) is 0 Å². The highest BCUT2D eigenvalue weighted by Crippen LogP contribution is 1.99. The van der Waals surface area contributed by atoms with Gasteiger partial charge < -0.3 is 11.1 Å². The lowest BCUT2D eigenvalue weighted by Crippen LogP contribution is -2.28. The Morgan fingerprint density at radius 3 is 2.86 bits per heavy atom. The summed E-state index contributed by atoms with van der Waals surface area (Å²) < 4.78 is 7.51. The highest BCUT2D eigenvalue weighted by Gasteiger charge is 1.88.